The number of anilines is 1. The Kier molecular flexibility index (Phi) is 5.20. The highest BCUT2D eigenvalue weighted by atomic mass is 32.1. The summed E-state index contributed by atoms with van der Waals surface area (Å²) in [5, 5.41) is 14.5. The van der Waals surface area contributed by atoms with Crippen LogP contribution in [0.25, 0.3) is 10.2 Å². The Hall–Kier alpha value is -3.00. The Morgan fingerprint density at radius 2 is 1.96 bits per heavy atom. The molecule has 0 saturated carbocycles. The lowest BCUT2D eigenvalue weighted by molar-refractivity contribution is -0.384. The van der Waals surface area contributed by atoms with Crippen molar-refractivity contribution in [1.29, 1.82) is 0 Å². The second kappa shape index (κ2) is 7.71. The van der Waals surface area contributed by atoms with Crippen LogP contribution in [0, 0.1) is 10.1 Å². The number of aromatic nitrogens is 1. The van der Waals surface area contributed by atoms with Crippen LogP contribution in [0.3, 0.4) is 0 Å². The van der Waals surface area contributed by atoms with E-state index in [4.69, 9.17) is 4.74 Å². The first-order valence-corrected chi connectivity index (χ1v) is 8.42. The molecule has 8 heteroatoms. The van der Waals surface area contributed by atoms with Gasteiger partial charge in [0.2, 0.25) is 0 Å². The van der Waals surface area contributed by atoms with Crippen LogP contribution >= 0.6 is 11.3 Å². The van der Waals surface area contributed by atoms with Crippen molar-refractivity contribution in [2.45, 2.75) is 13.0 Å². The maximum Gasteiger partial charge on any atom is 0.307 e. The lowest BCUT2D eigenvalue weighted by atomic mass is 10.2. The number of carbonyl (C=O) groups is 1. The van der Waals surface area contributed by atoms with Crippen molar-refractivity contribution in [3.05, 3.63) is 63.7 Å². The largest absolute Gasteiger partial charge is 0.458 e. The zero-order chi connectivity index (χ0) is 17.6. The lowest BCUT2D eigenvalue weighted by Crippen LogP contribution is -2.12. The summed E-state index contributed by atoms with van der Waals surface area (Å²) in [5.41, 5.74) is 1.24. The number of nitrogens with zero attached hydrogens (tertiary/aromatic N) is 2. The van der Waals surface area contributed by atoms with Crippen molar-refractivity contribution >= 4 is 38.9 Å². The zero-order valence-electron chi connectivity index (χ0n) is 13.2. The molecule has 0 spiro atoms. The number of hydrogen-bond acceptors (Lipinski definition) is 7. The predicted octanol–water partition coefficient (Wildman–Crippen LogP) is 3.75. The Morgan fingerprint density at radius 3 is 2.76 bits per heavy atom. The van der Waals surface area contributed by atoms with E-state index >= 15 is 0 Å². The number of nitro groups is 1. The van der Waals surface area contributed by atoms with Crippen LogP contribution in [-0.2, 0) is 16.1 Å². The summed E-state index contributed by atoms with van der Waals surface area (Å²) in [7, 11) is 0. The number of hydrogen-bond donors (Lipinski definition) is 1. The van der Waals surface area contributed by atoms with Gasteiger partial charge in [-0.2, -0.15) is 0 Å². The highest BCUT2D eigenvalue weighted by molar-refractivity contribution is 7.18. The van der Waals surface area contributed by atoms with E-state index in [0.717, 1.165) is 15.2 Å². The molecule has 0 aliphatic rings. The van der Waals surface area contributed by atoms with Gasteiger partial charge in [-0.1, -0.05) is 24.3 Å². The smallest absolute Gasteiger partial charge is 0.307 e. The molecule has 3 rings (SSSR count). The maximum absolute atomic E-state index is 11.8. The molecule has 0 bridgehead atoms. The molecular formula is C17H15N3O4S. The molecule has 3 aromatic rings. The third kappa shape index (κ3) is 4.30. The van der Waals surface area contributed by atoms with Gasteiger partial charge in [-0.25, -0.2) is 4.98 Å². The van der Waals surface area contributed by atoms with Crippen molar-refractivity contribution in [2.75, 3.05) is 11.9 Å². The molecule has 0 atom stereocenters. The lowest BCUT2D eigenvalue weighted by Gasteiger charge is -2.06. The van der Waals surface area contributed by atoms with E-state index in [1.807, 2.05) is 24.3 Å². The number of fused-ring (bicyclic) bond motifs is 1. The van der Waals surface area contributed by atoms with Crippen LogP contribution in [0.15, 0.2) is 48.5 Å². The van der Waals surface area contributed by atoms with E-state index in [0.29, 0.717) is 5.69 Å². The third-order valence-corrected chi connectivity index (χ3v) is 4.45. The van der Waals surface area contributed by atoms with E-state index in [9.17, 15) is 14.9 Å². The van der Waals surface area contributed by atoms with Crippen LogP contribution in [0.1, 0.15) is 11.4 Å². The van der Waals surface area contributed by atoms with E-state index in [-0.39, 0.29) is 31.2 Å². The van der Waals surface area contributed by atoms with E-state index in [1.54, 1.807) is 18.2 Å². The number of nitro benzene ring substituents is 1. The second-order valence-electron chi connectivity index (χ2n) is 5.19. The first kappa shape index (κ1) is 16.8. The quantitative estimate of drug-likeness (QED) is 0.393. The van der Waals surface area contributed by atoms with Crippen molar-refractivity contribution in [1.82, 2.24) is 4.98 Å². The Labute approximate surface area is 147 Å². The van der Waals surface area contributed by atoms with Gasteiger partial charge < -0.3 is 10.1 Å². The number of carbonyl (C=O) groups excluding carboxylic acids is 1. The first-order chi connectivity index (χ1) is 12.1. The number of rotatable bonds is 7. The van der Waals surface area contributed by atoms with E-state index < -0.39 is 4.92 Å². The van der Waals surface area contributed by atoms with Gasteiger partial charge in [0.15, 0.2) is 0 Å². The molecule has 7 nitrogen and oxygen atoms in total. The van der Waals surface area contributed by atoms with Crippen LogP contribution in [0.4, 0.5) is 11.4 Å². The predicted molar refractivity (Wildman–Crippen MR) is 95.6 cm³/mol. The number of ether oxygens (including phenoxy) is 1. The van der Waals surface area contributed by atoms with Gasteiger partial charge in [-0.3, -0.25) is 14.9 Å². The summed E-state index contributed by atoms with van der Waals surface area (Å²) in [6, 6.07) is 14.0. The number of esters is 1. The summed E-state index contributed by atoms with van der Waals surface area (Å²) < 4.78 is 6.26. The van der Waals surface area contributed by atoms with Gasteiger partial charge in [0.1, 0.15) is 17.3 Å². The molecule has 128 valence electrons. The summed E-state index contributed by atoms with van der Waals surface area (Å²) in [5.74, 6) is -0.384. The molecule has 1 N–H and O–H groups in total. The Balaban J connectivity index is 1.48. The van der Waals surface area contributed by atoms with Gasteiger partial charge in [-0.05, 0) is 18.2 Å². The molecule has 1 aromatic heterocycles. The van der Waals surface area contributed by atoms with E-state index in [1.165, 1.54) is 17.4 Å². The molecule has 0 amide bonds. The fourth-order valence-corrected chi connectivity index (χ4v) is 3.16. The zero-order valence-corrected chi connectivity index (χ0v) is 14.0. The summed E-state index contributed by atoms with van der Waals surface area (Å²) in [6.45, 7) is 0.382. The standard InChI is InChI=1S/C17H15N3O4S/c21-17(9-10-18-12-5-1-3-7-14(12)20(22)23)24-11-16-19-13-6-2-4-8-15(13)25-16/h1-8,18H,9-11H2. The van der Waals surface area contributed by atoms with Crippen molar-refractivity contribution in [2.24, 2.45) is 0 Å². The minimum Gasteiger partial charge on any atom is -0.458 e. The number of thiazole rings is 1. The molecular weight excluding hydrogens is 342 g/mol. The molecule has 0 radical (unpaired) electrons. The molecule has 0 unspecified atom stereocenters. The van der Waals surface area contributed by atoms with Crippen molar-refractivity contribution in [3.8, 4) is 0 Å². The highest BCUT2D eigenvalue weighted by Gasteiger charge is 2.12. The molecule has 25 heavy (non-hydrogen) atoms. The Morgan fingerprint density at radius 1 is 1.20 bits per heavy atom. The fourth-order valence-electron chi connectivity index (χ4n) is 2.28. The van der Waals surface area contributed by atoms with Crippen molar-refractivity contribution in [3.63, 3.8) is 0 Å². The Bertz CT molecular complexity index is 877. The summed E-state index contributed by atoms with van der Waals surface area (Å²) in [6.07, 6.45) is 0.108. The van der Waals surface area contributed by atoms with Crippen LogP contribution in [-0.4, -0.2) is 22.4 Å². The van der Waals surface area contributed by atoms with Crippen LogP contribution < -0.4 is 5.32 Å². The van der Waals surface area contributed by atoms with Crippen LogP contribution in [0.2, 0.25) is 0 Å². The topological polar surface area (TPSA) is 94.4 Å². The normalized spacial score (nSPS) is 10.6. The van der Waals surface area contributed by atoms with Gasteiger partial charge in [-0.15, -0.1) is 11.3 Å². The monoisotopic (exact) mass is 357 g/mol. The van der Waals surface area contributed by atoms with Gasteiger partial charge in [0.25, 0.3) is 5.69 Å². The average Bonchev–Trinajstić information content (AvgIpc) is 3.03. The molecule has 0 aliphatic carbocycles. The van der Waals surface area contributed by atoms with E-state index in [2.05, 4.69) is 10.3 Å². The summed E-state index contributed by atoms with van der Waals surface area (Å²) in [4.78, 5) is 26.7. The average molecular weight is 357 g/mol. The highest BCUT2D eigenvalue weighted by Crippen LogP contribution is 2.23. The van der Waals surface area contributed by atoms with Crippen molar-refractivity contribution < 1.29 is 14.5 Å². The number of benzene rings is 2. The molecule has 0 fully saturated rings. The minimum absolute atomic E-state index is 0.0228. The number of para-hydroxylation sites is 3. The SMILES string of the molecule is O=C(CCNc1ccccc1[N+](=O)[O-])OCc1nc2ccccc2s1. The van der Waals surface area contributed by atoms with Gasteiger partial charge in [0, 0.05) is 12.6 Å². The fraction of sp³-hybridized carbons (Fsp3) is 0.176. The van der Waals surface area contributed by atoms with Gasteiger partial charge in [0.05, 0.1) is 21.6 Å². The minimum atomic E-state index is -0.465. The molecule has 2 aromatic carbocycles. The summed E-state index contributed by atoms with van der Waals surface area (Å²) >= 11 is 1.49. The van der Waals surface area contributed by atoms with Gasteiger partial charge >= 0.3 is 5.97 Å². The maximum atomic E-state index is 11.8. The molecule has 1 heterocycles. The molecule has 0 aliphatic heterocycles. The first-order valence-electron chi connectivity index (χ1n) is 7.61. The second-order valence-corrected chi connectivity index (χ2v) is 6.30. The third-order valence-electron chi connectivity index (χ3n) is 3.44. The number of nitrogens with one attached hydrogen (secondary N) is 1. The van der Waals surface area contributed by atoms with Crippen LogP contribution in [0.5, 0.6) is 0 Å². The molecule has 0 saturated heterocycles.